The lowest BCUT2D eigenvalue weighted by atomic mass is 10.1. The molecule has 0 aliphatic carbocycles. The molecule has 0 spiro atoms. The minimum Gasteiger partial charge on any atom is -0.372 e. The SMILES string of the molecule is CCN(/C=C(/C#N)C(=O)Nc1cccc(C(C)=O)c1)C1CCS(=O)(=O)C1. The van der Waals surface area contributed by atoms with Crippen LogP contribution < -0.4 is 5.32 Å². The van der Waals surface area contributed by atoms with Gasteiger partial charge in [0.2, 0.25) is 0 Å². The molecule has 1 aliphatic heterocycles. The standard InChI is InChI=1S/C18H21N3O4S/c1-3-21(17-7-8-26(24,25)12-17)11-15(10-19)18(23)20-16-6-4-5-14(9-16)13(2)22/h4-6,9,11,17H,3,7-8,12H2,1-2H3,(H,20,23)/b15-11-. The van der Waals surface area contributed by atoms with E-state index in [1.54, 1.807) is 23.1 Å². The van der Waals surface area contributed by atoms with Crippen molar-refractivity contribution >= 4 is 27.2 Å². The number of carbonyl (C=O) groups is 2. The molecule has 1 amide bonds. The molecule has 1 fully saturated rings. The van der Waals surface area contributed by atoms with Crippen LogP contribution in [0, 0.1) is 11.3 Å². The third-order valence-corrected chi connectivity index (χ3v) is 5.98. The van der Waals surface area contributed by atoms with E-state index in [1.165, 1.54) is 19.2 Å². The number of amides is 1. The first kappa shape index (κ1) is 19.7. The van der Waals surface area contributed by atoms with E-state index in [4.69, 9.17) is 0 Å². The van der Waals surface area contributed by atoms with Gasteiger partial charge in [-0.2, -0.15) is 5.26 Å². The van der Waals surface area contributed by atoms with E-state index in [2.05, 4.69) is 5.32 Å². The Labute approximate surface area is 153 Å². The molecule has 0 radical (unpaired) electrons. The number of hydrogen-bond donors (Lipinski definition) is 1. The molecule has 1 N–H and O–H groups in total. The van der Waals surface area contributed by atoms with Gasteiger partial charge in [-0.3, -0.25) is 9.59 Å². The molecule has 1 saturated heterocycles. The number of carbonyl (C=O) groups excluding carboxylic acids is 2. The number of anilines is 1. The van der Waals surface area contributed by atoms with E-state index >= 15 is 0 Å². The first-order chi connectivity index (χ1) is 12.3. The summed E-state index contributed by atoms with van der Waals surface area (Å²) in [4.78, 5) is 25.5. The van der Waals surface area contributed by atoms with E-state index in [0.717, 1.165) is 0 Å². The zero-order valence-corrected chi connectivity index (χ0v) is 15.5. The Hall–Kier alpha value is -2.66. The predicted molar refractivity (Wildman–Crippen MR) is 98.2 cm³/mol. The minimum atomic E-state index is -3.06. The highest BCUT2D eigenvalue weighted by atomic mass is 32.2. The summed E-state index contributed by atoms with van der Waals surface area (Å²) >= 11 is 0. The maximum Gasteiger partial charge on any atom is 0.267 e. The first-order valence-corrected chi connectivity index (χ1v) is 10.1. The molecule has 1 aromatic carbocycles. The van der Waals surface area contributed by atoms with Crippen LogP contribution in [0.2, 0.25) is 0 Å². The summed E-state index contributed by atoms with van der Waals surface area (Å²) in [5.74, 6) is -0.587. The first-order valence-electron chi connectivity index (χ1n) is 8.26. The van der Waals surface area contributed by atoms with Crippen LogP contribution in [0.4, 0.5) is 5.69 Å². The minimum absolute atomic E-state index is 0.0261. The number of nitriles is 1. The van der Waals surface area contributed by atoms with Crippen molar-refractivity contribution in [2.45, 2.75) is 26.3 Å². The highest BCUT2D eigenvalue weighted by molar-refractivity contribution is 7.91. The third kappa shape index (κ3) is 4.92. The number of benzene rings is 1. The molecule has 1 aromatic rings. The van der Waals surface area contributed by atoms with Crippen molar-refractivity contribution in [3.05, 3.63) is 41.6 Å². The van der Waals surface area contributed by atoms with Gasteiger partial charge in [-0.25, -0.2) is 8.42 Å². The van der Waals surface area contributed by atoms with Crippen molar-refractivity contribution < 1.29 is 18.0 Å². The van der Waals surface area contributed by atoms with Crippen LogP contribution >= 0.6 is 0 Å². The Kier molecular flexibility index (Phi) is 6.16. The summed E-state index contributed by atoms with van der Waals surface area (Å²) in [6.45, 7) is 3.75. The van der Waals surface area contributed by atoms with Crippen molar-refractivity contribution in [2.24, 2.45) is 0 Å². The lowest BCUT2D eigenvalue weighted by Crippen LogP contribution is -2.32. The molecule has 0 saturated carbocycles. The van der Waals surface area contributed by atoms with Crippen LogP contribution in [0.15, 0.2) is 36.0 Å². The number of nitrogens with one attached hydrogen (secondary N) is 1. The normalized spacial score (nSPS) is 18.8. The lowest BCUT2D eigenvalue weighted by Gasteiger charge is -2.25. The van der Waals surface area contributed by atoms with Gasteiger partial charge in [0.05, 0.1) is 11.5 Å². The van der Waals surface area contributed by atoms with Gasteiger partial charge >= 0.3 is 0 Å². The van der Waals surface area contributed by atoms with Gasteiger partial charge in [0.25, 0.3) is 5.91 Å². The fourth-order valence-corrected chi connectivity index (χ4v) is 4.55. The third-order valence-electron chi connectivity index (χ3n) is 4.23. The number of hydrogen-bond acceptors (Lipinski definition) is 6. The maximum atomic E-state index is 12.4. The molecule has 7 nitrogen and oxygen atoms in total. The summed E-state index contributed by atoms with van der Waals surface area (Å²) in [6.07, 6.45) is 1.89. The lowest BCUT2D eigenvalue weighted by molar-refractivity contribution is -0.112. The summed E-state index contributed by atoms with van der Waals surface area (Å²) in [6, 6.07) is 8.07. The van der Waals surface area contributed by atoms with E-state index < -0.39 is 15.7 Å². The summed E-state index contributed by atoms with van der Waals surface area (Å²) in [5.41, 5.74) is 0.747. The van der Waals surface area contributed by atoms with Crippen LogP contribution in [0.3, 0.4) is 0 Å². The quantitative estimate of drug-likeness (QED) is 0.461. The Balaban J connectivity index is 2.17. The van der Waals surface area contributed by atoms with Gasteiger partial charge in [0.1, 0.15) is 11.6 Å². The monoisotopic (exact) mass is 375 g/mol. The Morgan fingerprint density at radius 2 is 2.15 bits per heavy atom. The fraction of sp³-hybridized carbons (Fsp3) is 0.389. The highest BCUT2D eigenvalue weighted by Gasteiger charge is 2.31. The molecule has 138 valence electrons. The molecule has 8 heteroatoms. The molecule has 0 aromatic heterocycles. The zero-order valence-electron chi connectivity index (χ0n) is 14.7. The van der Waals surface area contributed by atoms with Crippen molar-refractivity contribution in [1.29, 1.82) is 5.26 Å². The molecule has 0 bridgehead atoms. The van der Waals surface area contributed by atoms with Gasteiger partial charge in [0.15, 0.2) is 15.6 Å². The topological polar surface area (TPSA) is 107 Å². The van der Waals surface area contributed by atoms with E-state index in [9.17, 15) is 23.3 Å². The number of nitrogens with zero attached hydrogens (tertiary/aromatic N) is 2. The highest BCUT2D eigenvalue weighted by Crippen LogP contribution is 2.19. The maximum absolute atomic E-state index is 12.4. The Morgan fingerprint density at radius 1 is 1.42 bits per heavy atom. The Morgan fingerprint density at radius 3 is 2.69 bits per heavy atom. The molecule has 2 rings (SSSR count). The predicted octanol–water partition coefficient (Wildman–Crippen LogP) is 1.74. The van der Waals surface area contributed by atoms with Gasteiger partial charge in [0, 0.05) is 30.0 Å². The summed E-state index contributed by atoms with van der Waals surface area (Å²) in [5, 5.41) is 11.9. The van der Waals surface area contributed by atoms with Crippen LogP contribution in [0.5, 0.6) is 0 Å². The van der Waals surface area contributed by atoms with E-state index in [1.807, 2.05) is 13.0 Å². The molecule has 1 aliphatic rings. The van der Waals surface area contributed by atoms with Gasteiger partial charge < -0.3 is 10.2 Å². The number of sulfone groups is 1. The zero-order chi connectivity index (χ0) is 19.3. The average molecular weight is 375 g/mol. The van der Waals surface area contributed by atoms with Crippen LogP contribution in [-0.4, -0.2) is 49.1 Å². The molecule has 1 atom stereocenters. The van der Waals surface area contributed by atoms with Gasteiger partial charge in [-0.1, -0.05) is 12.1 Å². The van der Waals surface area contributed by atoms with Crippen LogP contribution in [0.1, 0.15) is 30.6 Å². The largest absolute Gasteiger partial charge is 0.372 e. The van der Waals surface area contributed by atoms with Crippen molar-refractivity contribution in [3.8, 4) is 6.07 Å². The summed E-state index contributed by atoms with van der Waals surface area (Å²) < 4.78 is 23.3. The Bertz CT molecular complexity index is 884. The number of Topliss-reactive ketones (excluding diaryl/α,β-unsaturated/α-hetero) is 1. The fourth-order valence-electron chi connectivity index (χ4n) is 2.81. The molecule has 26 heavy (non-hydrogen) atoms. The molecular weight excluding hydrogens is 354 g/mol. The van der Waals surface area contributed by atoms with Crippen molar-refractivity contribution in [3.63, 3.8) is 0 Å². The number of rotatable bonds is 6. The second-order valence-corrected chi connectivity index (χ2v) is 8.36. The number of ketones is 1. The molecule has 1 unspecified atom stereocenters. The van der Waals surface area contributed by atoms with E-state index in [0.29, 0.717) is 24.2 Å². The van der Waals surface area contributed by atoms with Crippen LogP contribution in [0.25, 0.3) is 0 Å². The molecule has 1 heterocycles. The second kappa shape index (κ2) is 8.15. The van der Waals surface area contributed by atoms with Crippen LogP contribution in [-0.2, 0) is 14.6 Å². The van der Waals surface area contributed by atoms with Crippen molar-refractivity contribution in [2.75, 3.05) is 23.4 Å². The van der Waals surface area contributed by atoms with Crippen molar-refractivity contribution in [1.82, 2.24) is 4.90 Å². The van der Waals surface area contributed by atoms with E-state index in [-0.39, 0.29) is 28.9 Å². The van der Waals surface area contributed by atoms with Gasteiger partial charge in [-0.15, -0.1) is 0 Å². The van der Waals surface area contributed by atoms with Gasteiger partial charge in [-0.05, 0) is 32.4 Å². The summed E-state index contributed by atoms with van der Waals surface area (Å²) in [7, 11) is -3.06. The smallest absolute Gasteiger partial charge is 0.267 e. The molecular formula is C18H21N3O4S. The average Bonchev–Trinajstić information content (AvgIpc) is 2.95. The second-order valence-electron chi connectivity index (χ2n) is 6.13.